The average Bonchev–Trinajstić information content (AvgIpc) is 2.60. The van der Waals surface area contributed by atoms with Gasteiger partial charge in [0, 0.05) is 30.4 Å². The van der Waals surface area contributed by atoms with Crippen molar-refractivity contribution in [1.29, 1.82) is 0 Å². The first-order valence-electron chi connectivity index (χ1n) is 8.58. The molecule has 1 aromatic carbocycles. The second kappa shape index (κ2) is 8.34. The molecule has 0 aliphatic heterocycles. The standard InChI is InChI=1S/C20H22ClN3O2/c1-15-6-4-10-24-19(25)13-17(22-20(15)24)14-23(2)9-5-11-26-18-8-3-7-16(21)12-18/h3-4,6-8,10,12-13H,5,9,11,14H2,1-2H3. The van der Waals surface area contributed by atoms with E-state index in [9.17, 15) is 4.79 Å². The van der Waals surface area contributed by atoms with Crippen LogP contribution >= 0.6 is 11.6 Å². The van der Waals surface area contributed by atoms with Gasteiger partial charge in [0.2, 0.25) is 0 Å². The van der Waals surface area contributed by atoms with Crippen molar-refractivity contribution in [2.45, 2.75) is 19.9 Å². The summed E-state index contributed by atoms with van der Waals surface area (Å²) >= 11 is 5.94. The Balaban J connectivity index is 1.55. The molecule has 0 unspecified atom stereocenters. The highest BCUT2D eigenvalue weighted by molar-refractivity contribution is 6.30. The predicted octanol–water partition coefficient (Wildman–Crippen LogP) is 3.56. The van der Waals surface area contributed by atoms with Crippen molar-refractivity contribution >= 4 is 17.2 Å². The summed E-state index contributed by atoms with van der Waals surface area (Å²) in [6.45, 7) is 4.03. The van der Waals surface area contributed by atoms with Crippen molar-refractivity contribution in [3.63, 3.8) is 0 Å². The van der Waals surface area contributed by atoms with Crippen molar-refractivity contribution in [1.82, 2.24) is 14.3 Å². The highest BCUT2D eigenvalue weighted by Gasteiger charge is 2.07. The largest absolute Gasteiger partial charge is 0.493 e. The number of fused-ring (bicyclic) bond motifs is 1. The Morgan fingerprint density at radius 1 is 1.23 bits per heavy atom. The Morgan fingerprint density at radius 3 is 2.88 bits per heavy atom. The van der Waals surface area contributed by atoms with E-state index < -0.39 is 0 Å². The van der Waals surface area contributed by atoms with E-state index in [4.69, 9.17) is 16.3 Å². The van der Waals surface area contributed by atoms with Crippen LogP contribution in [-0.4, -0.2) is 34.5 Å². The summed E-state index contributed by atoms with van der Waals surface area (Å²) in [5.41, 5.74) is 2.44. The van der Waals surface area contributed by atoms with Gasteiger partial charge < -0.3 is 9.64 Å². The Bertz CT molecular complexity index is 955. The number of aryl methyl sites for hydroxylation is 1. The molecule has 0 bridgehead atoms. The van der Waals surface area contributed by atoms with Gasteiger partial charge in [-0.1, -0.05) is 23.7 Å². The van der Waals surface area contributed by atoms with Gasteiger partial charge in [0.15, 0.2) is 0 Å². The van der Waals surface area contributed by atoms with Gasteiger partial charge in [0.25, 0.3) is 5.56 Å². The third-order valence-corrected chi connectivity index (χ3v) is 4.36. The van der Waals surface area contributed by atoms with Crippen molar-refractivity contribution in [2.24, 2.45) is 0 Å². The molecule has 0 amide bonds. The number of pyridine rings is 1. The molecule has 0 saturated heterocycles. The second-order valence-corrected chi connectivity index (χ2v) is 6.80. The van der Waals surface area contributed by atoms with Crippen LogP contribution in [-0.2, 0) is 6.54 Å². The van der Waals surface area contributed by atoms with Crippen molar-refractivity contribution in [2.75, 3.05) is 20.2 Å². The average molecular weight is 372 g/mol. The van der Waals surface area contributed by atoms with Crippen LogP contribution in [0.15, 0.2) is 53.5 Å². The molecule has 136 valence electrons. The summed E-state index contributed by atoms with van der Waals surface area (Å²) in [7, 11) is 2.01. The van der Waals surface area contributed by atoms with Crippen LogP contribution in [0.3, 0.4) is 0 Å². The highest BCUT2D eigenvalue weighted by atomic mass is 35.5. The Labute approximate surface area is 157 Å². The fraction of sp³-hybridized carbons (Fsp3) is 0.300. The van der Waals surface area contributed by atoms with E-state index in [-0.39, 0.29) is 5.56 Å². The normalized spacial score (nSPS) is 11.2. The summed E-state index contributed by atoms with van der Waals surface area (Å²) in [4.78, 5) is 19.0. The zero-order valence-electron chi connectivity index (χ0n) is 15.0. The Morgan fingerprint density at radius 2 is 2.08 bits per heavy atom. The van der Waals surface area contributed by atoms with E-state index in [0.29, 0.717) is 23.8 Å². The first kappa shape index (κ1) is 18.4. The summed E-state index contributed by atoms with van der Waals surface area (Å²) in [6, 6.07) is 12.8. The van der Waals surface area contributed by atoms with Gasteiger partial charge in [0.05, 0.1) is 12.3 Å². The lowest BCUT2D eigenvalue weighted by Crippen LogP contribution is -2.24. The molecule has 0 aliphatic rings. The van der Waals surface area contributed by atoms with Gasteiger partial charge in [-0.3, -0.25) is 9.20 Å². The van der Waals surface area contributed by atoms with Crippen LogP contribution in [0.4, 0.5) is 0 Å². The van der Waals surface area contributed by atoms with E-state index >= 15 is 0 Å². The lowest BCUT2D eigenvalue weighted by atomic mass is 10.2. The van der Waals surface area contributed by atoms with Crippen LogP contribution in [0.5, 0.6) is 5.75 Å². The number of ether oxygens (including phenoxy) is 1. The molecule has 2 heterocycles. The number of hydrogen-bond donors (Lipinski definition) is 0. The van der Waals surface area contributed by atoms with Crippen molar-refractivity contribution in [3.8, 4) is 5.75 Å². The van der Waals surface area contributed by atoms with Crippen LogP contribution in [0.1, 0.15) is 17.7 Å². The first-order valence-corrected chi connectivity index (χ1v) is 8.95. The minimum Gasteiger partial charge on any atom is -0.493 e. The number of benzene rings is 1. The van der Waals surface area contributed by atoms with Crippen LogP contribution in [0.25, 0.3) is 5.65 Å². The molecular formula is C20H22ClN3O2. The van der Waals surface area contributed by atoms with Gasteiger partial charge in [-0.2, -0.15) is 0 Å². The summed E-state index contributed by atoms with van der Waals surface area (Å²) in [5.74, 6) is 0.778. The third kappa shape index (κ3) is 4.62. The monoisotopic (exact) mass is 371 g/mol. The lowest BCUT2D eigenvalue weighted by molar-refractivity contribution is 0.257. The van der Waals surface area contributed by atoms with Crippen molar-refractivity contribution < 1.29 is 4.74 Å². The lowest BCUT2D eigenvalue weighted by Gasteiger charge is -2.16. The maximum Gasteiger partial charge on any atom is 0.258 e. The topological polar surface area (TPSA) is 46.8 Å². The fourth-order valence-electron chi connectivity index (χ4n) is 2.83. The number of hydrogen-bond acceptors (Lipinski definition) is 4. The SMILES string of the molecule is Cc1cccn2c(=O)cc(CN(C)CCCOc3cccc(Cl)c3)nc12. The molecule has 26 heavy (non-hydrogen) atoms. The van der Waals surface area contributed by atoms with Crippen molar-refractivity contribution in [3.05, 3.63) is 75.3 Å². The van der Waals surface area contributed by atoms with Gasteiger partial charge in [-0.25, -0.2) is 4.98 Å². The molecule has 0 aliphatic carbocycles. The zero-order chi connectivity index (χ0) is 18.5. The maximum absolute atomic E-state index is 12.3. The summed E-state index contributed by atoms with van der Waals surface area (Å²) < 4.78 is 7.28. The molecule has 0 fully saturated rings. The molecule has 0 atom stereocenters. The smallest absolute Gasteiger partial charge is 0.258 e. The zero-order valence-corrected chi connectivity index (χ0v) is 15.7. The van der Waals surface area contributed by atoms with Gasteiger partial charge >= 0.3 is 0 Å². The molecule has 6 heteroatoms. The molecule has 5 nitrogen and oxygen atoms in total. The molecule has 3 aromatic rings. The molecular weight excluding hydrogens is 350 g/mol. The minimum absolute atomic E-state index is 0.0496. The van der Waals surface area contributed by atoms with Gasteiger partial charge in [-0.05, 0) is 50.2 Å². The molecule has 0 N–H and O–H groups in total. The maximum atomic E-state index is 12.3. The van der Waals surface area contributed by atoms with Crippen LogP contribution < -0.4 is 10.3 Å². The number of aromatic nitrogens is 2. The number of nitrogens with zero attached hydrogens (tertiary/aromatic N) is 3. The second-order valence-electron chi connectivity index (χ2n) is 6.37. The molecule has 2 aromatic heterocycles. The van der Waals surface area contributed by atoms with Gasteiger partial charge in [-0.15, -0.1) is 0 Å². The Kier molecular flexibility index (Phi) is 5.91. The van der Waals surface area contributed by atoms with Crippen LogP contribution in [0.2, 0.25) is 5.02 Å². The molecule has 0 spiro atoms. The van der Waals surface area contributed by atoms with E-state index in [1.54, 1.807) is 22.7 Å². The quantitative estimate of drug-likeness (QED) is 0.596. The molecule has 0 saturated carbocycles. The van der Waals surface area contributed by atoms with E-state index in [2.05, 4.69) is 9.88 Å². The Hall–Kier alpha value is -2.37. The van der Waals surface area contributed by atoms with Gasteiger partial charge in [0.1, 0.15) is 11.4 Å². The van der Waals surface area contributed by atoms with E-state index in [1.165, 1.54) is 0 Å². The number of halogens is 1. The summed E-state index contributed by atoms with van der Waals surface area (Å²) in [6.07, 6.45) is 2.62. The molecule has 3 rings (SSSR count). The number of rotatable bonds is 7. The highest BCUT2D eigenvalue weighted by Crippen LogP contribution is 2.17. The molecule has 0 radical (unpaired) electrons. The third-order valence-electron chi connectivity index (χ3n) is 4.12. The fourth-order valence-corrected chi connectivity index (χ4v) is 3.01. The van der Waals surface area contributed by atoms with E-state index in [1.807, 2.05) is 44.3 Å². The van der Waals surface area contributed by atoms with E-state index in [0.717, 1.165) is 30.0 Å². The first-order chi connectivity index (χ1) is 12.5. The summed E-state index contributed by atoms with van der Waals surface area (Å²) in [5, 5.41) is 0.670. The minimum atomic E-state index is -0.0496. The van der Waals surface area contributed by atoms with Crippen LogP contribution in [0, 0.1) is 6.92 Å². The predicted molar refractivity (Wildman–Crippen MR) is 104 cm³/mol.